The molecule has 3 heteroatoms. The number of amides is 1. The summed E-state index contributed by atoms with van der Waals surface area (Å²) in [5, 5.41) is 8.36. The van der Waals surface area contributed by atoms with Crippen LogP contribution >= 0.6 is 0 Å². The summed E-state index contributed by atoms with van der Waals surface area (Å²) in [6, 6.07) is 14.6. The smallest absolute Gasteiger partial charge is 0.248 e. The second-order valence-electron chi connectivity index (χ2n) is 4.92. The fourth-order valence-corrected chi connectivity index (χ4v) is 2.52. The largest absolute Gasteiger partial charge is 0.273 e. The van der Waals surface area contributed by atoms with Crippen LogP contribution in [0.25, 0.3) is 10.8 Å². The average molecular weight is 252 g/mol. The molecular formula is C16H16N2O. The normalized spacial score (nSPS) is 15.1. The Bertz CT molecular complexity index is 655. The third kappa shape index (κ3) is 2.36. The van der Waals surface area contributed by atoms with E-state index in [1.54, 1.807) is 5.01 Å². The van der Waals surface area contributed by atoms with Gasteiger partial charge in [0, 0.05) is 12.3 Å². The van der Waals surface area contributed by atoms with Crippen molar-refractivity contribution in [3.05, 3.63) is 48.0 Å². The third-order valence-corrected chi connectivity index (χ3v) is 3.46. The van der Waals surface area contributed by atoms with Crippen LogP contribution in [0.4, 0.5) is 0 Å². The maximum atomic E-state index is 11.7. The number of hydrazone groups is 1. The van der Waals surface area contributed by atoms with E-state index in [0.29, 0.717) is 13.0 Å². The zero-order valence-electron chi connectivity index (χ0n) is 11.0. The molecule has 0 fully saturated rings. The molecule has 0 atom stereocenters. The van der Waals surface area contributed by atoms with Gasteiger partial charge in [-0.1, -0.05) is 42.5 Å². The fraction of sp³-hybridized carbons (Fsp3) is 0.250. The number of hydrogen-bond donors (Lipinski definition) is 0. The van der Waals surface area contributed by atoms with E-state index in [-0.39, 0.29) is 5.91 Å². The summed E-state index contributed by atoms with van der Waals surface area (Å²) < 4.78 is 0. The van der Waals surface area contributed by atoms with Crippen molar-refractivity contribution in [1.29, 1.82) is 0 Å². The maximum absolute atomic E-state index is 11.7. The lowest BCUT2D eigenvalue weighted by Gasteiger charge is -2.12. The van der Waals surface area contributed by atoms with Crippen molar-refractivity contribution in [2.24, 2.45) is 5.10 Å². The Hall–Kier alpha value is -2.16. The molecule has 2 aromatic rings. The van der Waals surface area contributed by atoms with Gasteiger partial charge in [-0.25, -0.2) is 5.01 Å². The van der Waals surface area contributed by atoms with E-state index in [9.17, 15) is 4.79 Å². The SMILES string of the molecule is CC1=NN(CCc2cccc3ccccc23)C(=O)C1. The van der Waals surface area contributed by atoms with Gasteiger partial charge in [-0.2, -0.15) is 5.10 Å². The molecule has 0 saturated carbocycles. The predicted octanol–water partition coefficient (Wildman–Crippen LogP) is 2.99. The first-order chi connectivity index (χ1) is 9.24. The second-order valence-corrected chi connectivity index (χ2v) is 4.92. The number of benzene rings is 2. The molecule has 1 aliphatic heterocycles. The zero-order valence-corrected chi connectivity index (χ0v) is 11.0. The van der Waals surface area contributed by atoms with Gasteiger partial charge in [0.05, 0.1) is 6.42 Å². The van der Waals surface area contributed by atoms with Gasteiger partial charge in [0.25, 0.3) is 0 Å². The van der Waals surface area contributed by atoms with Crippen molar-refractivity contribution in [3.63, 3.8) is 0 Å². The minimum absolute atomic E-state index is 0.109. The molecule has 3 nitrogen and oxygen atoms in total. The molecule has 3 rings (SSSR count). The Morgan fingerprint density at radius 1 is 1.16 bits per heavy atom. The lowest BCUT2D eigenvalue weighted by molar-refractivity contribution is -0.128. The molecule has 96 valence electrons. The van der Waals surface area contributed by atoms with Crippen molar-refractivity contribution < 1.29 is 4.79 Å². The molecule has 2 aromatic carbocycles. The van der Waals surface area contributed by atoms with Crippen LogP contribution in [0.3, 0.4) is 0 Å². The standard InChI is InChI=1S/C16H16N2O/c1-12-11-16(19)18(17-12)10-9-14-7-4-6-13-5-2-3-8-15(13)14/h2-8H,9-11H2,1H3. The van der Waals surface area contributed by atoms with E-state index >= 15 is 0 Å². The Morgan fingerprint density at radius 2 is 1.95 bits per heavy atom. The number of fused-ring (bicyclic) bond motifs is 1. The van der Waals surface area contributed by atoms with E-state index < -0.39 is 0 Å². The number of rotatable bonds is 3. The minimum atomic E-state index is 0.109. The Morgan fingerprint density at radius 3 is 2.74 bits per heavy atom. The molecule has 1 heterocycles. The van der Waals surface area contributed by atoms with E-state index in [1.165, 1.54) is 16.3 Å². The van der Waals surface area contributed by atoms with E-state index in [2.05, 4.69) is 41.5 Å². The number of hydrogen-bond acceptors (Lipinski definition) is 2. The van der Waals surface area contributed by atoms with Crippen molar-refractivity contribution in [2.75, 3.05) is 6.54 Å². The summed E-state index contributed by atoms with van der Waals surface area (Å²) in [5.41, 5.74) is 2.17. The minimum Gasteiger partial charge on any atom is -0.273 e. The molecule has 1 aliphatic rings. The zero-order chi connectivity index (χ0) is 13.2. The number of carbonyl (C=O) groups is 1. The highest BCUT2D eigenvalue weighted by Gasteiger charge is 2.20. The van der Waals surface area contributed by atoms with Gasteiger partial charge < -0.3 is 0 Å². The summed E-state index contributed by atoms with van der Waals surface area (Å²) in [4.78, 5) is 11.7. The fourth-order valence-electron chi connectivity index (χ4n) is 2.52. The van der Waals surface area contributed by atoms with Gasteiger partial charge in [-0.05, 0) is 29.7 Å². The second kappa shape index (κ2) is 4.84. The first-order valence-electron chi connectivity index (χ1n) is 6.55. The molecule has 0 spiro atoms. The first-order valence-corrected chi connectivity index (χ1v) is 6.55. The van der Waals surface area contributed by atoms with Gasteiger partial charge >= 0.3 is 0 Å². The van der Waals surface area contributed by atoms with Gasteiger partial charge in [-0.3, -0.25) is 4.79 Å². The molecular weight excluding hydrogens is 236 g/mol. The van der Waals surface area contributed by atoms with Crippen LogP contribution in [-0.2, 0) is 11.2 Å². The van der Waals surface area contributed by atoms with Crippen LogP contribution < -0.4 is 0 Å². The summed E-state index contributed by atoms with van der Waals surface area (Å²) in [7, 11) is 0. The van der Waals surface area contributed by atoms with Crippen LogP contribution in [0.1, 0.15) is 18.9 Å². The summed E-state index contributed by atoms with van der Waals surface area (Å²) in [6.45, 7) is 2.56. The highest BCUT2D eigenvalue weighted by molar-refractivity contribution is 6.03. The molecule has 0 aliphatic carbocycles. The number of carbonyl (C=O) groups excluding carboxylic acids is 1. The van der Waals surface area contributed by atoms with E-state index in [0.717, 1.165) is 12.1 Å². The van der Waals surface area contributed by atoms with Crippen LogP contribution in [0, 0.1) is 0 Å². The highest BCUT2D eigenvalue weighted by atomic mass is 16.2. The molecule has 0 saturated heterocycles. The summed E-state index contributed by atoms with van der Waals surface area (Å²) in [5.74, 6) is 0.109. The highest BCUT2D eigenvalue weighted by Crippen LogP contribution is 2.19. The first kappa shape index (κ1) is 11.9. The molecule has 0 aromatic heterocycles. The molecule has 1 amide bonds. The van der Waals surface area contributed by atoms with Crippen LogP contribution in [-0.4, -0.2) is 23.2 Å². The quantitative estimate of drug-likeness (QED) is 0.826. The lowest BCUT2D eigenvalue weighted by Crippen LogP contribution is -2.23. The van der Waals surface area contributed by atoms with Crippen molar-refractivity contribution in [1.82, 2.24) is 5.01 Å². The van der Waals surface area contributed by atoms with E-state index in [4.69, 9.17) is 0 Å². The van der Waals surface area contributed by atoms with Gasteiger partial charge in [0.15, 0.2) is 0 Å². The number of nitrogens with zero attached hydrogens (tertiary/aromatic N) is 2. The molecule has 0 unspecified atom stereocenters. The van der Waals surface area contributed by atoms with Crippen LogP contribution in [0.15, 0.2) is 47.6 Å². The maximum Gasteiger partial charge on any atom is 0.248 e. The van der Waals surface area contributed by atoms with Gasteiger partial charge in [-0.15, -0.1) is 0 Å². The Kier molecular flexibility index (Phi) is 3.03. The monoisotopic (exact) mass is 252 g/mol. The van der Waals surface area contributed by atoms with Crippen molar-refractivity contribution >= 4 is 22.4 Å². The topological polar surface area (TPSA) is 32.7 Å². The molecule has 0 radical (unpaired) electrons. The Labute approximate surface area is 112 Å². The van der Waals surface area contributed by atoms with Crippen LogP contribution in [0.2, 0.25) is 0 Å². The average Bonchev–Trinajstić information content (AvgIpc) is 2.74. The summed E-state index contributed by atoms with van der Waals surface area (Å²) >= 11 is 0. The van der Waals surface area contributed by atoms with E-state index in [1.807, 2.05) is 13.0 Å². The lowest BCUT2D eigenvalue weighted by atomic mass is 10.0. The predicted molar refractivity (Wildman–Crippen MR) is 77.1 cm³/mol. The molecule has 0 bridgehead atoms. The van der Waals surface area contributed by atoms with Crippen LogP contribution in [0.5, 0.6) is 0 Å². The van der Waals surface area contributed by atoms with Gasteiger partial charge in [0.1, 0.15) is 0 Å². The molecule has 0 N–H and O–H groups in total. The van der Waals surface area contributed by atoms with Gasteiger partial charge in [0.2, 0.25) is 5.91 Å². The third-order valence-electron chi connectivity index (χ3n) is 3.46. The summed E-state index contributed by atoms with van der Waals surface area (Å²) in [6.07, 6.45) is 1.30. The molecule has 19 heavy (non-hydrogen) atoms. The van der Waals surface area contributed by atoms with Crippen molar-refractivity contribution in [2.45, 2.75) is 19.8 Å². The van der Waals surface area contributed by atoms with Crippen molar-refractivity contribution in [3.8, 4) is 0 Å². The Balaban J connectivity index is 1.81.